The van der Waals surface area contributed by atoms with Crippen molar-refractivity contribution in [1.82, 2.24) is 4.90 Å². The molecule has 8 heteroatoms. The minimum atomic E-state index is -0.685. The molecule has 0 spiro atoms. The van der Waals surface area contributed by atoms with Gasteiger partial charge in [0.1, 0.15) is 5.75 Å². The zero-order chi connectivity index (χ0) is 16.4. The van der Waals surface area contributed by atoms with Gasteiger partial charge >= 0.3 is 6.03 Å². The summed E-state index contributed by atoms with van der Waals surface area (Å²) in [6, 6.07) is 4.80. The number of benzene rings is 1. The Labute approximate surface area is 133 Å². The third-order valence-corrected chi connectivity index (χ3v) is 3.83. The number of urea groups is 1. The number of ether oxygens (including phenoxy) is 2. The first kappa shape index (κ1) is 15.6. The number of anilines is 2. The van der Waals surface area contributed by atoms with Crippen LogP contribution in [0.3, 0.4) is 0 Å². The normalized spacial score (nSPS) is 21.3. The van der Waals surface area contributed by atoms with Crippen molar-refractivity contribution in [2.45, 2.75) is 6.10 Å². The van der Waals surface area contributed by atoms with Crippen LogP contribution in [0.1, 0.15) is 0 Å². The van der Waals surface area contributed by atoms with Gasteiger partial charge in [0.2, 0.25) is 0 Å². The third-order valence-electron chi connectivity index (χ3n) is 3.83. The number of nitrogens with zero attached hydrogens (tertiary/aromatic N) is 2. The van der Waals surface area contributed by atoms with Gasteiger partial charge in [-0.3, -0.25) is 4.79 Å². The van der Waals surface area contributed by atoms with Crippen LogP contribution in [0.5, 0.6) is 5.75 Å². The number of rotatable bonds is 1. The lowest BCUT2D eigenvalue weighted by Gasteiger charge is -2.27. The Bertz CT molecular complexity index is 621. The predicted molar refractivity (Wildman–Crippen MR) is 82.8 cm³/mol. The number of carbonyl (C=O) groups is 2. The molecule has 1 aromatic carbocycles. The smallest absolute Gasteiger partial charge is 0.322 e. The molecule has 0 aliphatic carbocycles. The van der Waals surface area contributed by atoms with Crippen LogP contribution in [0.25, 0.3) is 0 Å². The van der Waals surface area contributed by atoms with Crippen LogP contribution in [0.2, 0.25) is 0 Å². The lowest BCUT2D eigenvalue weighted by atomic mass is 10.2. The fourth-order valence-electron chi connectivity index (χ4n) is 2.53. The molecule has 1 unspecified atom stereocenters. The molecule has 0 radical (unpaired) electrons. The molecular weight excluding hydrogens is 302 g/mol. The van der Waals surface area contributed by atoms with Gasteiger partial charge in [0.15, 0.2) is 6.61 Å². The van der Waals surface area contributed by atoms with Gasteiger partial charge in [0.25, 0.3) is 5.91 Å². The van der Waals surface area contributed by atoms with E-state index in [-0.39, 0.29) is 31.7 Å². The first-order valence-corrected chi connectivity index (χ1v) is 7.40. The molecule has 1 aromatic rings. The number of likely N-dealkylation sites (N-methyl/N-ethyl adjacent to an activating group) is 1. The van der Waals surface area contributed by atoms with E-state index >= 15 is 0 Å². The molecule has 2 heterocycles. The van der Waals surface area contributed by atoms with E-state index < -0.39 is 6.10 Å². The number of nitrogens with one attached hydrogen (secondary N) is 1. The molecule has 2 aliphatic heterocycles. The van der Waals surface area contributed by atoms with Crippen molar-refractivity contribution in [3.63, 3.8) is 0 Å². The standard InChI is InChI=1S/C15H19N3O5/c1-17-12-3-2-10(6-13(12)23-9-14(17)20)16-15(21)18-4-5-22-8-11(19)7-18/h2-3,6,11,19H,4-5,7-9H2,1H3,(H,16,21). The number of fused-ring (bicyclic) bond motifs is 1. The van der Waals surface area contributed by atoms with E-state index in [1.165, 1.54) is 9.80 Å². The summed E-state index contributed by atoms with van der Waals surface area (Å²) >= 11 is 0. The number of aliphatic hydroxyl groups is 1. The summed E-state index contributed by atoms with van der Waals surface area (Å²) in [4.78, 5) is 26.9. The molecule has 1 atom stereocenters. The van der Waals surface area contributed by atoms with Crippen molar-refractivity contribution in [3.05, 3.63) is 18.2 Å². The van der Waals surface area contributed by atoms with Gasteiger partial charge in [-0.05, 0) is 12.1 Å². The van der Waals surface area contributed by atoms with E-state index in [9.17, 15) is 14.7 Å². The summed E-state index contributed by atoms with van der Waals surface area (Å²) in [6.07, 6.45) is -0.685. The largest absolute Gasteiger partial charge is 0.481 e. The Morgan fingerprint density at radius 1 is 1.43 bits per heavy atom. The zero-order valence-electron chi connectivity index (χ0n) is 12.8. The second-order valence-electron chi connectivity index (χ2n) is 5.53. The second kappa shape index (κ2) is 6.43. The second-order valence-corrected chi connectivity index (χ2v) is 5.53. The Balaban J connectivity index is 1.70. The quantitative estimate of drug-likeness (QED) is 0.774. The molecule has 2 aliphatic rings. The highest BCUT2D eigenvalue weighted by molar-refractivity contribution is 5.98. The maximum Gasteiger partial charge on any atom is 0.322 e. The lowest BCUT2D eigenvalue weighted by molar-refractivity contribution is -0.120. The highest BCUT2D eigenvalue weighted by atomic mass is 16.5. The maximum absolute atomic E-state index is 12.3. The van der Waals surface area contributed by atoms with E-state index in [0.717, 1.165) is 0 Å². The van der Waals surface area contributed by atoms with Crippen molar-refractivity contribution in [2.75, 3.05) is 50.2 Å². The summed E-state index contributed by atoms with van der Waals surface area (Å²) in [5.41, 5.74) is 1.23. The Morgan fingerprint density at radius 3 is 3.09 bits per heavy atom. The van der Waals surface area contributed by atoms with E-state index in [4.69, 9.17) is 9.47 Å². The number of hydrogen-bond acceptors (Lipinski definition) is 5. The van der Waals surface area contributed by atoms with E-state index in [1.54, 1.807) is 25.2 Å². The monoisotopic (exact) mass is 321 g/mol. The van der Waals surface area contributed by atoms with Crippen LogP contribution in [0, 0.1) is 0 Å². The van der Waals surface area contributed by atoms with E-state index in [2.05, 4.69) is 5.32 Å². The van der Waals surface area contributed by atoms with Gasteiger partial charge in [-0.2, -0.15) is 0 Å². The number of amides is 3. The molecule has 2 N–H and O–H groups in total. The lowest BCUT2D eigenvalue weighted by Crippen LogP contribution is -2.40. The first-order chi connectivity index (χ1) is 11.0. The molecule has 3 amide bonds. The van der Waals surface area contributed by atoms with Crippen molar-refractivity contribution < 1.29 is 24.2 Å². The summed E-state index contributed by atoms with van der Waals surface area (Å²) in [5, 5.41) is 12.5. The van der Waals surface area contributed by atoms with Gasteiger partial charge in [-0.1, -0.05) is 0 Å². The van der Waals surface area contributed by atoms with Crippen LogP contribution in [0.15, 0.2) is 18.2 Å². The Morgan fingerprint density at radius 2 is 2.26 bits per heavy atom. The summed E-state index contributed by atoms with van der Waals surface area (Å²) in [5.74, 6) is 0.428. The summed E-state index contributed by atoms with van der Waals surface area (Å²) in [6.45, 7) is 1.25. The molecule has 1 saturated heterocycles. The molecule has 124 valence electrons. The average molecular weight is 321 g/mol. The van der Waals surface area contributed by atoms with Crippen molar-refractivity contribution in [2.24, 2.45) is 0 Å². The highest BCUT2D eigenvalue weighted by Crippen LogP contribution is 2.33. The van der Waals surface area contributed by atoms with Crippen molar-refractivity contribution in [1.29, 1.82) is 0 Å². The first-order valence-electron chi connectivity index (χ1n) is 7.40. The van der Waals surface area contributed by atoms with Crippen LogP contribution in [0.4, 0.5) is 16.2 Å². The molecule has 0 saturated carbocycles. The fourth-order valence-corrected chi connectivity index (χ4v) is 2.53. The Hall–Kier alpha value is -2.32. The number of β-amino-alcohol motifs (C(OH)–C–C–N with tert-alkyl or cyclic N) is 1. The van der Waals surface area contributed by atoms with Crippen molar-refractivity contribution >= 4 is 23.3 Å². The average Bonchev–Trinajstić information content (AvgIpc) is 2.76. The maximum atomic E-state index is 12.3. The van der Waals surface area contributed by atoms with Crippen LogP contribution >= 0.6 is 0 Å². The summed E-state index contributed by atoms with van der Waals surface area (Å²) in [7, 11) is 1.68. The van der Waals surface area contributed by atoms with Crippen LogP contribution in [-0.2, 0) is 9.53 Å². The number of aliphatic hydroxyl groups excluding tert-OH is 1. The summed E-state index contributed by atoms with van der Waals surface area (Å²) < 4.78 is 10.6. The molecule has 0 bridgehead atoms. The molecule has 8 nitrogen and oxygen atoms in total. The molecule has 23 heavy (non-hydrogen) atoms. The Kier molecular flexibility index (Phi) is 4.35. The molecule has 3 rings (SSSR count). The van der Waals surface area contributed by atoms with Gasteiger partial charge in [0, 0.05) is 25.3 Å². The molecule has 0 aromatic heterocycles. The van der Waals surface area contributed by atoms with Gasteiger partial charge < -0.3 is 29.7 Å². The number of hydrogen-bond donors (Lipinski definition) is 2. The van der Waals surface area contributed by atoms with Crippen LogP contribution < -0.4 is 15.0 Å². The highest BCUT2D eigenvalue weighted by Gasteiger charge is 2.24. The predicted octanol–water partition coefficient (Wildman–Crippen LogP) is 0.267. The van der Waals surface area contributed by atoms with E-state index in [0.29, 0.717) is 30.3 Å². The SMILES string of the molecule is CN1C(=O)COc2cc(NC(=O)N3CCOCC(O)C3)ccc21. The van der Waals surface area contributed by atoms with Crippen LogP contribution in [-0.4, -0.2) is 68.0 Å². The third kappa shape index (κ3) is 3.38. The minimum Gasteiger partial charge on any atom is -0.481 e. The van der Waals surface area contributed by atoms with Gasteiger partial charge in [0.05, 0.1) is 31.5 Å². The van der Waals surface area contributed by atoms with E-state index in [1.807, 2.05) is 0 Å². The topological polar surface area (TPSA) is 91.3 Å². The van der Waals surface area contributed by atoms with Gasteiger partial charge in [-0.15, -0.1) is 0 Å². The number of carbonyl (C=O) groups excluding carboxylic acids is 2. The fraction of sp³-hybridized carbons (Fsp3) is 0.467. The van der Waals surface area contributed by atoms with Gasteiger partial charge in [-0.25, -0.2) is 4.79 Å². The minimum absolute atomic E-state index is 0.0173. The zero-order valence-corrected chi connectivity index (χ0v) is 12.8. The molecule has 1 fully saturated rings. The van der Waals surface area contributed by atoms with Crippen molar-refractivity contribution in [3.8, 4) is 5.75 Å². The molecular formula is C15H19N3O5.